The second-order valence-corrected chi connectivity index (χ2v) is 5.31. The molecular weight excluding hydrogens is 276 g/mol. The van der Waals surface area contributed by atoms with E-state index in [2.05, 4.69) is 15.4 Å². The third-order valence-electron chi connectivity index (χ3n) is 2.68. The number of aryl methyl sites for hydroxylation is 1. The number of thioether (sulfide) groups is 1. The van der Waals surface area contributed by atoms with Crippen LogP contribution in [0.15, 0.2) is 24.3 Å². The summed E-state index contributed by atoms with van der Waals surface area (Å²) in [4.78, 5) is 23.5. The third kappa shape index (κ3) is 5.52. The van der Waals surface area contributed by atoms with Gasteiger partial charge in [-0.3, -0.25) is 0 Å². The first kappa shape index (κ1) is 16.4. The first-order chi connectivity index (χ1) is 9.56. The maximum atomic E-state index is 11.9. The minimum Gasteiger partial charge on any atom is -0.467 e. The number of nitrogens with one attached hydrogen (secondary N) is 2. The number of carbonyl (C=O) groups is 2. The number of anilines is 1. The zero-order chi connectivity index (χ0) is 15.0. The summed E-state index contributed by atoms with van der Waals surface area (Å²) in [7, 11) is 1.31. The normalized spacial score (nSPS) is 11.6. The highest BCUT2D eigenvalue weighted by Gasteiger charge is 2.20. The van der Waals surface area contributed by atoms with E-state index < -0.39 is 18.0 Å². The molecule has 1 aromatic carbocycles. The van der Waals surface area contributed by atoms with Gasteiger partial charge in [0.2, 0.25) is 0 Å². The van der Waals surface area contributed by atoms with Crippen LogP contribution in [-0.2, 0) is 9.53 Å². The van der Waals surface area contributed by atoms with E-state index in [-0.39, 0.29) is 0 Å². The number of benzene rings is 1. The van der Waals surface area contributed by atoms with E-state index in [9.17, 15) is 9.59 Å². The molecule has 20 heavy (non-hydrogen) atoms. The molecule has 0 saturated heterocycles. The van der Waals surface area contributed by atoms with Gasteiger partial charge < -0.3 is 15.4 Å². The van der Waals surface area contributed by atoms with E-state index >= 15 is 0 Å². The Morgan fingerprint density at radius 1 is 1.40 bits per heavy atom. The van der Waals surface area contributed by atoms with Gasteiger partial charge in [-0.15, -0.1) is 0 Å². The lowest BCUT2D eigenvalue weighted by molar-refractivity contribution is -0.142. The molecule has 0 aliphatic heterocycles. The lowest BCUT2D eigenvalue weighted by Crippen LogP contribution is -2.44. The number of hydrogen-bond donors (Lipinski definition) is 2. The molecule has 110 valence electrons. The summed E-state index contributed by atoms with van der Waals surface area (Å²) in [5, 5.41) is 5.34. The van der Waals surface area contributed by atoms with Crippen molar-refractivity contribution in [1.29, 1.82) is 0 Å². The number of amides is 2. The zero-order valence-corrected chi connectivity index (χ0v) is 12.8. The maximum Gasteiger partial charge on any atom is 0.328 e. The standard InChI is InChI=1S/C14H20N2O3S/c1-10-5-4-6-11(9-10)15-14(18)16-12(7-8-20-3)13(17)19-2/h4-6,9,12H,7-8H2,1-3H3,(H2,15,16,18). The monoisotopic (exact) mass is 296 g/mol. The number of methoxy groups -OCH3 is 1. The van der Waals surface area contributed by atoms with Crippen molar-refractivity contribution in [1.82, 2.24) is 5.32 Å². The van der Waals surface area contributed by atoms with Gasteiger partial charge in [0.25, 0.3) is 0 Å². The van der Waals surface area contributed by atoms with E-state index in [1.807, 2.05) is 31.4 Å². The van der Waals surface area contributed by atoms with Gasteiger partial charge in [0.05, 0.1) is 7.11 Å². The summed E-state index contributed by atoms with van der Waals surface area (Å²) in [6.45, 7) is 1.94. The average molecular weight is 296 g/mol. The van der Waals surface area contributed by atoms with E-state index in [4.69, 9.17) is 0 Å². The Morgan fingerprint density at radius 3 is 2.75 bits per heavy atom. The van der Waals surface area contributed by atoms with Crippen LogP contribution in [0.3, 0.4) is 0 Å². The van der Waals surface area contributed by atoms with E-state index in [1.165, 1.54) is 7.11 Å². The summed E-state index contributed by atoms with van der Waals surface area (Å²) >= 11 is 1.61. The molecule has 1 rings (SSSR count). The van der Waals surface area contributed by atoms with Crippen LogP contribution in [0.2, 0.25) is 0 Å². The number of esters is 1. The molecule has 0 radical (unpaired) electrons. The van der Waals surface area contributed by atoms with E-state index in [0.717, 1.165) is 11.3 Å². The van der Waals surface area contributed by atoms with Gasteiger partial charge in [0.1, 0.15) is 6.04 Å². The van der Waals surface area contributed by atoms with Crippen LogP contribution in [0.4, 0.5) is 10.5 Å². The molecule has 0 aliphatic rings. The quantitative estimate of drug-likeness (QED) is 0.791. The van der Waals surface area contributed by atoms with Crippen LogP contribution in [0, 0.1) is 6.92 Å². The number of carbonyl (C=O) groups excluding carboxylic acids is 2. The summed E-state index contributed by atoms with van der Waals surface area (Å²) in [5.74, 6) is 0.336. The van der Waals surface area contributed by atoms with Crippen LogP contribution < -0.4 is 10.6 Å². The molecule has 5 nitrogen and oxygen atoms in total. The molecule has 0 aromatic heterocycles. The van der Waals surface area contributed by atoms with Crippen LogP contribution in [0.5, 0.6) is 0 Å². The zero-order valence-electron chi connectivity index (χ0n) is 11.9. The molecule has 0 saturated carbocycles. The summed E-state index contributed by atoms with van der Waals surface area (Å²) in [5.41, 5.74) is 1.74. The molecule has 0 fully saturated rings. The Labute approximate surface area is 123 Å². The molecule has 2 N–H and O–H groups in total. The summed E-state index contributed by atoms with van der Waals surface area (Å²) < 4.78 is 4.69. The lowest BCUT2D eigenvalue weighted by Gasteiger charge is -2.16. The van der Waals surface area contributed by atoms with Crippen molar-refractivity contribution in [2.24, 2.45) is 0 Å². The first-order valence-electron chi connectivity index (χ1n) is 6.27. The lowest BCUT2D eigenvalue weighted by atomic mass is 10.2. The Morgan fingerprint density at radius 2 is 2.15 bits per heavy atom. The number of rotatable bonds is 6. The van der Waals surface area contributed by atoms with Crippen molar-refractivity contribution in [2.75, 3.05) is 24.4 Å². The van der Waals surface area contributed by atoms with Gasteiger partial charge in [0.15, 0.2) is 0 Å². The number of hydrogen-bond acceptors (Lipinski definition) is 4. The Hall–Kier alpha value is -1.69. The molecule has 0 spiro atoms. The van der Waals surface area contributed by atoms with Crippen molar-refractivity contribution >= 4 is 29.4 Å². The molecule has 0 heterocycles. The van der Waals surface area contributed by atoms with Crippen LogP contribution in [-0.4, -0.2) is 37.2 Å². The maximum absolute atomic E-state index is 11.9. The first-order valence-corrected chi connectivity index (χ1v) is 7.67. The van der Waals surface area contributed by atoms with E-state index in [0.29, 0.717) is 12.1 Å². The Kier molecular flexibility index (Phi) is 6.93. The van der Waals surface area contributed by atoms with Gasteiger partial charge in [-0.1, -0.05) is 12.1 Å². The minimum atomic E-state index is -0.628. The van der Waals surface area contributed by atoms with Crippen molar-refractivity contribution in [3.8, 4) is 0 Å². The molecule has 0 aliphatic carbocycles. The highest BCUT2D eigenvalue weighted by atomic mass is 32.2. The fraction of sp³-hybridized carbons (Fsp3) is 0.429. The SMILES string of the molecule is COC(=O)C(CCSC)NC(=O)Nc1cccc(C)c1. The summed E-state index contributed by atoms with van der Waals surface area (Å²) in [6.07, 6.45) is 2.48. The van der Waals surface area contributed by atoms with Crippen LogP contribution in [0.25, 0.3) is 0 Å². The van der Waals surface area contributed by atoms with Crippen molar-refractivity contribution in [3.63, 3.8) is 0 Å². The van der Waals surface area contributed by atoms with Crippen LogP contribution in [0.1, 0.15) is 12.0 Å². The van der Waals surface area contributed by atoms with Crippen molar-refractivity contribution in [2.45, 2.75) is 19.4 Å². The third-order valence-corrected chi connectivity index (χ3v) is 3.32. The second-order valence-electron chi connectivity index (χ2n) is 4.33. The Balaban J connectivity index is 2.59. The predicted octanol–water partition coefficient (Wildman–Crippen LogP) is 2.41. The van der Waals surface area contributed by atoms with Gasteiger partial charge in [0, 0.05) is 5.69 Å². The molecule has 1 atom stereocenters. The van der Waals surface area contributed by atoms with Crippen molar-refractivity contribution < 1.29 is 14.3 Å². The highest BCUT2D eigenvalue weighted by Crippen LogP contribution is 2.09. The van der Waals surface area contributed by atoms with Crippen molar-refractivity contribution in [3.05, 3.63) is 29.8 Å². The highest BCUT2D eigenvalue weighted by molar-refractivity contribution is 7.98. The molecule has 1 unspecified atom stereocenters. The Bertz CT molecular complexity index is 465. The predicted molar refractivity (Wildman–Crippen MR) is 82.1 cm³/mol. The molecule has 6 heteroatoms. The largest absolute Gasteiger partial charge is 0.467 e. The molecule has 1 aromatic rings. The second kappa shape index (κ2) is 8.47. The number of ether oxygens (including phenoxy) is 1. The van der Waals surface area contributed by atoms with Gasteiger partial charge >= 0.3 is 12.0 Å². The fourth-order valence-corrected chi connectivity index (χ4v) is 2.15. The van der Waals surface area contributed by atoms with Gasteiger partial charge in [-0.2, -0.15) is 11.8 Å². The van der Waals surface area contributed by atoms with Gasteiger partial charge in [-0.25, -0.2) is 9.59 Å². The molecule has 2 amide bonds. The topological polar surface area (TPSA) is 67.4 Å². The summed E-state index contributed by atoms with van der Waals surface area (Å²) in [6, 6.07) is 6.41. The number of urea groups is 1. The molecule has 0 bridgehead atoms. The fourth-order valence-electron chi connectivity index (χ4n) is 1.68. The van der Waals surface area contributed by atoms with E-state index in [1.54, 1.807) is 17.8 Å². The van der Waals surface area contributed by atoms with Gasteiger partial charge in [-0.05, 0) is 43.0 Å². The molecular formula is C14H20N2O3S. The average Bonchev–Trinajstić information content (AvgIpc) is 2.42. The van der Waals surface area contributed by atoms with Crippen LogP contribution >= 0.6 is 11.8 Å². The smallest absolute Gasteiger partial charge is 0.328 e. The minimum absolute atomic E-state index is 0.410.